The normalized spacial score (nSPS) is 16.4. The lowest BCUT2D eigenvalue weighted by Crippen LogP contribution is -2.29. The summed E-state index contributed by atoms with van der Waals surface area (Å²) in [5.41, 5.74) is 6.72. The van der Waals surface area contributed by atoms with Crippen molar-refractivity contribution >= 4 is 40.5 Å². The molecular weight excluding hydrogens is 565 g/mol. The Morgan fingerprint density at radius 3 is 2.29 bits per heavy atom. The SMILES string of the molecule is Cc1cc([C@@H]2[C@H](c3ccccn3)NC(=S)N2c2ccc(Sc3ccc([N+](=O)[O-])cc3)cc2)c(C)n1Cc1ccncc1. The number of nitro groups is 1. The summed E-state index contributed by atoms with van der Waals surface area (Å²) >= 11 is 7.50. The number of nitrogens with zero attached hydrogens (tertiary/aromatic N) is 5. The highest BCUT2D eigenvalue weighted by molar-refractivity contribution is 7.99. The van der Waals surface area contributed by atoms with Crippen LogP contribution in [0.15, 0.2) is 113 Å². The van der Waals surface area contributed by atoms with Crippen molar-refractivity contribution in [1.82, 2.24) is 19.9 Å². The van der Waals surface area contributed by atoms with E-state index in [1.54, 1.807) is 23.9 Å². The molecule has 0 bridgehead atoms. The third-order valence-corrected chi connectivity index (χ3v) is 8.85. The van der Waals surface area contributed by atoms with Crippen molar-refractivity contribution in [3.8, 4) is 0 Å². The zero-order valence-electron chi connectivity index (χ0n) is 23.0. The molecule has 8 nitrogen and oxygen atoms in total. The van der Waals surface area contributed by atoms with Crippen LogP contribution in [0.5, 0.6) is 0 Å². The number of rotatable bonds is 8. The van der Waals surface area contributed by atoms with Gasteiger partial charge in [0.15, 0.2) is 5.11 Å². The molecule has 3 aromatic heterocycles. The first-order valence-corrected chi connectivity index (χ1v) is 14.7. The molecule has 1 N–H and O–H groups in total. The first-order valence-electron chi connectivity index (χ1n) is 13.5. The maximum atomic E-state index is 11.0. The number of aromatic nitrogens is 3. The van der Waals surface area contributed by atoms with Crippen LogP contribution in [-0.4, -0.2) is 24.6 Å². The zero-order chi connectivity index (χ0) is 29.2. The Morgan fingerprint density at radius 2 is 1.64 bits per heavy atom. The average molecular weight is 593 g/mol. The average Bonchev–Trinajstić information content (AvgIpc) is 3.49. The second-order valence-corrected chi connectivity index (χ2v) is 11.6. The number of thiocarbonyl (C=S) groups is 1. The Balaban J connectivity index is 1.34. The minimum absolute atomic E-state index is 0.0818. The number of hydrogen-bond acceptors (Lipinski definition) is 6. The van der Waals surface area contributed by atoms with E-state index in [1.807, 2.05) is 48.9 Å². The summed E-state index contributed by atoms with van der Waals surface area (Å²) in [4.78, 5) is 23.6. The van der Waals surface area contributed by atoms with E-state index in [9.17, 15) is 10.1 Å². The second kappa shape index (κ2) is 11.8. The van der Waals surface area contributed by atoms with Gasteiger partial charge in [0.05, 0.1) is 22.7 Å². The fraction of sp³-hybridized carbons (Fsp3) is 0.156. The highest BCUT2D eigenvalue weighted by Gasteiger charge is 2.42. The number of nitrogens with one attached hydrogen (secondary N) is 1. The van der Waals surface area contributed by atoms with E-state index in [-0.39, 0.29) is 22.7 Å². The van der Waals surface area contributed by atoms with E-state index < -0.39 is 0 Å². The summed E-state index contributed by atoms with van der Waals surface area (Å²) in [6, 6.07) is 26.9. The summed E-state index contributed by atoms with van der Waals surface area (Å²) in [5, 5.41) is 15.2. The molecule has 0 radical (unpaired) electrons. The molecule has 0 unspecified atom stereocenters. The predicted octanol–water partition coefficient (Wildman–Crippen LogP) is 7.18. The van der Waals surface area contributed by atoms with Crippen molar-refractivity contribution in [2.24, 2.45) is 0 Å². The van der Waals surface area contributed by atoms with Crippen molar-refractivity contribution in [1.29, 1.82) is 0 Å². The van der Waals surface area contributed by atoms with Crippen LogP contribution >= 0.6 is 24.0 Å². The molecule has 0 aliphatic carbocycles. The first kappa shape index (κ1) is 27.6. The minimum Gasteiger partial charge on any atom is -0.351 e. The van der Waals surface area contributed by atoms with Crippen molar-refractivity contribution in [3.05, 3.63) is 142 Å². The van der Waals surface area contributed by atoms with Crippen LogP contribution in [0.4, 0.5) is 11.4 Å². The van der Waals surface area contributed by atoms with Crippen LogP contribution in [0.2, 0.25) is 0 Å². The van der Waals surface area contributed by atoms with E-state index in [4.69, 9.17) is 17.2 Å². The Labute approximate surface area is 253 Å². The fourth-order valence-electron chi connectivity index (χ4n) is 5.44. The molecule has 1 fully saturated rings. The van der Waals surface area contributed by atoms with Crippen molar-refractivity contribution in [2.45, 2.75) is 42.3 Å². The standard InChI is InChI=1S/C32H28N6O2S2/c1-21-19-28(22(2)36(21)20-23-14-17-33-18-15-23)31-30(29-5-3-4-16-34-29)35-32(41)37(31)24-6-10-26(11-7-24)42-27-12-8-25(9-13-27)38(39)40/h3-19,30-31H,20H2,1-2H3,(H,35,41)/t30-,31+/m0/s1. The molecule has 2 atom stereocenters. The quantitative estimate of drug-likeness (QED) is 0.115. The molecule has 10 heteroatoms. The smallest absolute Gasteiger partial charge is 0.269 e. The number of hydrogen-bond donors (Lipinski definition) is 1. The van der Waals surface area contributed by atoms with Gasteiger partial charge >= 0.3 is 0 Å². The van der Waals surface area contributed by atoms with E-state index >= 15 is 0 Å². The van der Waals surface area contributed by atoms with Gasteiger partial charge in [-0.05, 0) is 104 Å². The molecule has 0 saturated carbocycles. The topological polar surface area (TPSA) is 89.1 Å². The molecule has 0 amide bonds. The fourth-order valence-corrected chi connectivity index (χ4v) is 6.60. The molecular formula is C32H28N6O2S2. The van der Waals surface area contributed by atoms with Crippen LogP contribution < -0.4 is 10.2 Å². The van der Waals surface area contributed by atoms with Crippen molar-refractivity contribution < 1.29 is 4.92 Å². The lowest BCUT2D eigenvalue weighted by molar-refractivity contribution is -0.384. The zero-order valence-corrected chi connectivity index (χ0v) is 24.7. The van der Waals surface area contributed by atoms with Gasteiger partial charge < -0.3 is 14.8 Å². The molecule has 1 aliphatic rings. The van der Waals surface area contributed by atoms with Gasteiger partial charge in [0.1, 0.15) is 0 Å². The van der Waals surface area contributed by atoms with Crippen LogP contribution in [0.3, 0.4) is 0 Å². The van der Waals surface area contributed by atoms with E-state index in [0.717, 1.165) is 27.7 Å². The molecule has 0 spiro atoms. The molecule has 2 aromatic carbocycles. The molecule has 42 heavy (non-hydrogen) atoms. The van der Waals surface area contributed by atoms with E-state index in [1.165, 1.54) is 34.6 Å². The van der Waals surface area contributed by atoms with Gasteiger partial charge in [0.2, 0.25) is 0 Å². The highest BCUT2D eigenvalue weighted by Crippen LogP contribution is 2.44. The molecule has 6 rings (SSSR count). The minimum atomic E-state index is -0.387. The molecule has 1 aliphatic heterocycles. The third kappa shape index (κ3) is 5.50. The summed E-state index contributed by atoms with van der Waals surface area (Å²) in [6.07, 6.45) is 5.47. The Bertz CT molecular complexity index is 1730. The lowest BCUT2D eigenvalue weighted by Gasteiger charge is -2.28. The van der Waals surface area contributed by atoms with Gasteiger partial charge in [-0.2, -0.15) is 0 Å². The van der Waals surface area contributed by atoms with E-state index in [0.29, 0.717) is 5.11 Å². The molecule has 4 heterocycles. The van der Waals surface area contributed by atoms with Crippen LogP contribution in [0.1, 0.15) is 40.3 Å². The van der Waals surface area contributed by atoms with Gasteiger partial charge in [-0.1, -0.05) is 17.8 Å². The second-order valence-electron chi connectivity index (χ2n) is 10.1. The van der Waals surface area contributed by atoms with Crippen LogP contribution in [-0.2, 0) is 6.54 Å². The summed E-state index contributed by atoms with van der Waals surface area (Å²) in [7, 11) is 0. The molecule has 1 saturated heterocycles. The number of anilines is 1. The Kier molecular flexibility index (Phi) is 7.73. The third-order valence-electron chi connectivity index (χ3n) is 7.52. The van der Waals surface area contributed by atoms with Gasteiger partial charge in [0, 0.05) is 64.1 Å². The number of pyridine rings is 2. The monoisotopic (exact) mass is 592 g/mol. The highest BCUT2D eigenvalue weighted by atomic mass is 32.2. The lowest BCUT2D eigenvalue weighted by atomic mass is 9.96. The predicted molar refractivity (Wildman–Crippen MR) is 169 cm³/mol. The van der Waals surface area contributed by atoms with Gasteiger partial charge in [-0.3, -0.25) is 20.1 Å². The maximum absolute atomic E-state index is 11.0. The number of non-ortho nitro benzene ring substituents is 1. The summed E-state index contributed by atoms with van der Waals surface area (Å²) in [5.74, 6) is 0. The molecule has 210 valence electrons. The van der Waals surface area contributed by atoms with Gasteiger partial charge in [-0.25, -0.2) is 0 Å². The molecule has 5 aromatic rings. The Hall–Kier alpha value is -4.54. The van der Waals surface area contributed by atoms with Crippen LogP contribution in [0.25, 0.3) is 0 Å². The van der Waals surface area contributed by atoms with Crippen molar-refractivity contribution in [2.75, 3.05) is 4.90 Å². The van der Waals surface area contributed by atoms with E-state index in [2.05, 4.69) is 63.9 Å². The summed E-state index contributed by atoms with van der Waals surface area (Å²) in [6.45, 7) is 5.07. The number of benzene rings is 2. The van der Waals surface area contributed by atoms with Crippen LogP contribution in [0, 0.1) is 24.0 Å². The largest absolute Gasteiger partial charge is 0.351 e. The number of nitro benzene ring substituents is 1. The summed E-state index contributed by atoms with van der Waals surface area (Å²) < 4.78 is 2.34. The maximum Gasteiger partial charge on any atom is 0.269 e. The van der Waals surface area contributed by atoms with Crippen molar-refractivity contribution in [3.63, 3.8) is 0 Å². The first-order chi connectivity index (χ1) is 20.4. The Morgan fingerprint density at radius 1 is 0.952 bits per heavy atom. The van der Waals surface area contributed by atoms with Gasteiger partial charge in [-0.15, -0.1) is 0 Å². The van der Waals surface area contributed by atoms with Gasteiger partial charge in [0.25, 0.3) is 5.69 Å². The number of aryl methyl sites for hydroxylation is 1.